The van der Waals surface area contributed by atoms with Gasteiger partial charge in [0.2, 0.25) is 5.91 Å². The van der Waals surface area contributed by atoms with Gasteiger partial charge in [-0.1, -0.05) is 17.7 Å². The maximum Gasteiger partial charge on any atom is 0.230 e. The molecule has 98 valence electrons. The Hall–Kier alpha value is -1.13. The van der Waals surface area contributed by atoms with Crippen LogP contribution in [-0.4, -0.2) is 24.4 Å². The van der Waals surface area contributed by atoms with E-state index in [-0.39, 0.29) is 18.3 Å². The molecule has 2 rings (SSSR count). The van der Waals surface area contributed by atoms with Crippen LogP contribution < -0.4 is 5.73 Å². The summed E-state index contributed by atoms with van der Waals surface area (Å²) in [6.07, 6.45) is 1.63. The van der Waals surface area contributed by atoms with Crippen molar-refractivity contribution in [2.45, 2.75) is 19.4 Å². The van der Waals surface area contributed by atoms with Crippen molar-refractivity contribution in [2.75, 3.05) is 13.6 Å². The summed E-state index contributed by atoms with van der Waals surface area (Å²) in [4.78, 5) is 13.7. The summed E-state index contributed by atoms with van der Waals surface area (Å²) >= 11 is 5.94. The number of amides is 1. The Morgan fingerprint density at radius 3 is 2.72 bits per heavy atom. The van der Waals surface area contributed by atoms with Crippen molar-refractivity contribution in [3.8, 4) is 0 Å². The van der Waals surface area contributed by atoms with Gasteiger partial charge in [-0.15, -0.1) is 0 Å². The van der Waals surface area contributed by atoms with E-state index in [1.807, 2.05) is 0 Å². The molecule has 0 saturated heterocycles. The van der Waals surface area contributed by atoms with E-state index in [9.17, 15) is 9.18 Å². The monoisotopic (exact) mass is 270 g/mol. The van der Waals surface area contributed by atoms with Crippen LogP contribution in [0.5, 0.6) is 0 Å². The van der Waals surface area contributed by atoms with Crippen molar-refractivity contribution in [3.63, 3.8) is 0 Å². The maximum absolute atomic E-state index is 13.6. The molecule has 0 aliphatic heterocycles. The molecule has 0 heterocycles. The summed E-state index contributed by atoms with van der Waals surface area (Å²) < 4.78 is 13.6. The first-order chi connectivity index (χ1) is 8.50. The number of halogens is 2. The van der Waals surface area contributed by atoms with Crippen LogP contribution in [0.15, 0.2) is 18.2 Å². The molecule has 1 saturated carbocycles. The zero-order valence-corrected chi connectivity index (χ0v) is 11.0. The van der Waals surface area contributed by atoms with Crippen molar-refractivity contribution in [1.82, 2.24) is 4.90 Å². The number of rotatable bonds is 4. The summed E-state index contributed by atoms with van der Waals surface area (Å²) in [5, 5.41) is 0.340. The number of benzene rings is 1. The van der Waals surface area contributed by atoms with Crippen LogP contribution in [0, 0.1) is 11.2 Å². The van der Waals surface area contributed by atoms with Gasteiger partial charge in [-0.05, 0) is 25.0 Å². The van der Waals surface area contributed by atoms with E-state index in [0.717, 1.165) is 12.8 Å². The highest BCUT2D eigenvalue weighted by molar-refractivity contribution is 6.31. The first kappa shape index (κ1) is 13.3. The summed E-state index contributed by atoms with van der Waals surface area (Å²) in [6, 6.07) is 4.51. The third kappa shape index (κ3) is 2.35. The molecule has 0 radical (unpaired) electrons. The van der Waals surface area contributed by atoms with Crippen LogP contribution in [0.1, 0.15) is 18.4 Å². The van der Waals surface area contributed by atoms with E-state index in [2.05, 4.69) is 0 Å². The zero-order valence-electron chi connectivity index (χ0n) is 10.2. The Bertz CT molecular complexity index is 454. The highest BCUT2D eigenvalue weighted by Crippen LogP contribution is 2.46. The molecular formula is C13H16ClFN2O. The normalized spacial score (nSPS) is 16.4. The average Bonchev–Trinajstić information content (AvgIpc) is 3.14. The number of carbonyl (C=O) groups is 1. The molecule has 1 aromatic carbocycles. The molecule has 1 aromatic rings. The van der Waals surface area contributed by atoms with Gasteiger partial charge in [0.1, 0.15) is 5.82 Å². The molecule has 2 N–H and O–H groups in total. The predicted molar refractivity (Wildman–Crippen MR) is 68.6 cm³/mol. The number of nitrogens with two attached hydrogens (primary N) is 1. The summed E-state index contributed by atoms with van der Waals surface area (Å²) in [6.45, 7) is 0.521. The van der Waals surface area contributed by atoms with Gasteiger partial charge in [0.05, 0.1) is 5.41 Å². The topological polar surface area (TPSA) is 46.3 Å². The maximum atomic E-state index is 13.6. The van der Waals surface area contributed by atoms with Crippen LogP contribution >= 0.6 is 11.6 Å². The molecule has 0 unspecified atom stereocenters. The van der Waals surface area contributed by atoms with Crippen LogP contribution in [0.2, 0.25) is 5.02 Å². The Labute approximate surface area is 111 Å². The van der Waals surface area contributed by atoms with Gasteiger partial charge in [0.15, 0.2) is 0 Å². The Kier molecular flexibility index (Phi) is 3.59. The van der Waals surface area contributed by atoms with Crippen LogP contribution in [0.3, 0.4) is 0 Å². The number of hydrogen-bond donors (Lipinski definition) is 1. The lowest BCUT2D eigenvalue weighted by molar-refractivity contribution is -0.135. The molecule has 1 aliphatic rings. The Balaban J connectivity index is 2.12. The molecule has 18 heavy (non-hydrogen) atoms. The van der Waals surface area contributed by atoms with Gasteiger partial charge in [-0.2, -0.15) is 0 Å². The summed E-state index contributed by atoms with van der Waals surface area (Å²) in [7, 11) is 1.65. The smallest absolute Gasteiger partial charge is 0.230 e. The lowest BCUT2D eigenvalue weighted by Gasteiger charge is -2.23. The van der Waals surface area contributed by atoms with Gasteiger partial charge in [-0.3, -0.25) is 4.79 Å². The molecule has 1 aliphatic carbocycles. The molecular weight excluding hydrogens is 255 g/mol. The van der Waals surface area contributed by atoms with Crippen LogP contribution in [0.4, 0.5) is 4.39 Å². The number of nitrogens with zero attached hydrogens (tertiary/aromatic N) is 1. The summed E-state index contributed by atoms with van der Waals surface area (Å²) in [5.74, 6) is -0.413. The fourth-order valence-electron chi connectivity index (χ4n) is 2.05. The minimum Gasteiger partial charge on any atom is -0.341 e. The zero-order chi connectivity index (χ0) is 13.3. The molecule has 3 nitrogen and oxygen atoms in total. The van der Waals surface area contributed by atoms with Crippen molar-refractivity contribution in [2.24, 2.45) is 11.1 Å². The fraction of sp³-hybridized carbons (Fsp3) is 0.462. The van der Waals surface area contributed by atoms with Crippen LogP contribution in [-0.2, 0) is 11.3 Å². The van der Waals surface area contributed by atoms with Crippen molar-refractivity contribution in [1.29, 1.82) is 0 Å². The van der Waals surface area contributed by atoms with Crippen molar-refractivity contribution >= 4 is 17.5 Å². The SMILES string of the molecule is CN(Cc1c(F)cccc1Cl)C(=O)C1(CN)CC1. The molecule has 5 heteroatoms. The quantitative estimate of drug-likeness (QED) is 0.912. The largest absolute Gasteiger partial charge is 0.341 e. The van der Waals surface area contributed by atoms with E-state index < -0.39 is 5.41 Å². The molecule has 0 bridgehead atoms. The second kappa shape index (κ2) is 4.86. The minimum absolute atomic E-state index is 0.0238. The molecule has 1 amide bonds. The van der Waals surface area contributed by atoms with Gasteiger partial charge in [-0.25, -0.2) is 4.39 Å². The fourth-order valence-corrected chi connectivity index (χ4v) is 2.28. The van der Waals surface area contributed by atoms with E-state index in [4.69, 9.17) is 17.3 Å². The van der Waals surface area contributed by atoms with Gasteiger partial charge < -0.3 is 10.6 Å². The first-order valence-electron chi connectivity index (χ1n) is 5.89. The lowest BCUT2D eigenvalue weighted by atomic mass is 10.1. The third-order valence-electron chi connectivity index (χ3n) is 3.50. The van der Waals surface area contributed by atoms with Crippen molar-refractivity contribution in [3.05, 3.63) is 34.6 Å². The average molecular weight is 271 g/mol. The molecule has 0 atom stereocenters. The van der Waals surface area contributed by atoms with Crippen molar-refractivity contribution < 1.29 is 9.18 Å². The highest BCUT2D eigenvalue weighted by Gasteiger charge is 2.49. The lowest BCUT2D eigenvalue weighted by Crippen LogP contribution is -2.37. The predicted octanol–water partition coefficient (Wildman–Crippen LogP) is 2.18. The second-order valence-corrected chi connectivity index (χ2v) is 5.25. The first-order valence-corrected chi connectivity index (χ1v) is 6.26. The Morgan fingerprint density at radius 1 is 1.56 bits per heavy atom. The van der Waals surface area contributed by atoms with Crippen LogP contribution in [0.25, 0.3) is 0 Å². The van der Waals surface area contributed by atoms with Gasteiger partial charge >= 0.3 is 0 Å². The molecule has 0 aromatic heterocycles. The van der Waals surface area contributed by atoms with E-state index in [1.165, 1.54) is 11.0 Å². The van der Waals surface area contributed by atoms with E-state index in [0.29, 0.717) is 17.1 Å². The number of carbonyl (C=O) groups excluding carboxylic acids is 1. The van der Waals surface area contributed by atoms with Gasteiger partial charge in [0, 0.05) is 30.7 Å². The third-order valence-corrected chi connectivity index (χ3v) is 3.86. The standard InChI is InChI=1S/C13H16ClFN2O/c1-17(12(18)13(8-16)5-6-13)7-9-10(14)3-2-4-11(9)15/h2-4H,5-8,16H2,1H3. The molecule has 0 spiro atoms. The summed E-state index contributed by atoms with van der Waals surface area (Å²) in [5.41, 5.74) is 5.55. The molecule has 1 fully saturated rings. The minimum atomic E-state index is -0.410. The second-order valence-electron chi connectivity index (χ2n) is 4.85. The van der Waals surface area contributed by atoms with Gasteiger partial charge in [0.25, 0.3) is 0 Å². The number of hydrogen-bond acceptors (Lipinski definition) is 2. The van der Waals surface area contributed by atoms with E-state index >= 15 is 0 Å². The highest BCUT2D eigenvalue weighted by atomic mass is 35.5. The Morgan fingerprint density at radius 2 is 2.22 bits per heavy atom. The van der Waals surface area contributed by atoms with E-state index in [1.54, 1.807) is 19.2 Å².